The van der Waals surface area contributed by atoms with Crippen LogP contribution in [0.2, 0.25) is 0 Å². The van der Waals surface area contributed by atoms with E-state index in [1.807, 2.05) is 0 Å². The van der Waals surface area contributed by atoms with Crippen LogP contribution in [-0.2, 0) is 14.4 Å². The minimum atomic E-state index is -0.950. The van der Waals surface area contributed by atoms with E-state index in [2.05, 4.69) is 25.1 Å². The van der Waals surface area contributed by atoms with Crippen molar-refractivity contribution in [1.29, 1.82) is 0 Å². The number of carboxylic acids is 1. The molecule has 3 saturated carbocycles. The van der Waals surface area contributed by atoms with Crippen molar-refractivity contribution in [3.8, 4) is 0 Å². The van der Waals surface area contributed by atoms with E-state index in [0.29, 0.717) is 37.1 Å². The van der Waals surface area contributed by atoms with E-state index in [4.69, 9.17) is 4.84 Å². The molecule has 2 N–H and O–H groups in total. The summed E-state index contributed by atoms with van der Waals surface area (Å²) in [4.78, 5) is 30.5. The van der Waals surface area contributed by atoms with Crippen LogP contribution in [0, 0.1) is 28.6 Å². The number of oxime groups is 1. The zero-order chi connectivity index (χ0) is 23.4. The minimum Gasteiger partial charge on any atom is -0.480 e. The van der Waals surface area contributed by atoms with Gasteiger partial charge in [0.15, 0.2) is 6.61 Å². The molecule has 4 aliphatic carbocycles. The van der Waals surface area contributed by atoms with E-state index in [0.717, 1.165) is 37.8 Å². The van der Waals surface area contributed by atoms with Gasteiger partial charge in [-0.15, -0.1) is 0 Å². The number of allylic oxidation sites excluding steroid dienone is 2. The van der Waals surface area contributed by atoms with E-state index < -0.39 is 12.0 Å². The van der Waals surface area contributed by atoms with Gasteiger partial charge in [-0.05, 0) is 98.9 Å². The minimum absolute atomic E-state index is 0.107. The Balaban J connectivity index is 1.24. The Labute approximate surface area is 196 Å². The van der Waals surface area contributed by atoms with Crippen molar-refractivity contribution in [3.05, 3.63) is 11.6 Å². The summed E-state index contributed by atoms with van der Waals surface area (Å²) < 4.78 is 0. The van der Waals surface area contributed by atoms with E-state index in [-0.39, 0.29) is 29.4 Å². The number of aliphatic carboxylic acids is 1. The predicted octanol–water partition coefficient (Wildman–Crippen LogP) is 3.76. The predicted molar refractivity (Wildman–Crippen MR) is 123 cm³/mol. The van der Waals surface area contributed by atoms with Gasteiger partial charge in [-0.3, -0.25) is 4.79 Å². The molecule has 0 aromatic rings. The number of aliphatic hydroxyl groups excluding tert-OH is 1. The van der Waals surface area contributed by atoms with Crippen molar-refractivity contribution in [2.75, 3.05) is 13.2 Å². The molecule has 33 heavy (non-hydrogen) atoms. The zero-order valence-electron chi connectivity index (χ0n) is 20.0. The number of fused-ring (bicyclic) bond motifs is 5. The highest BCUT2D eigenvalue weighted by Crippen LogP contribution is 2.65. The Morgan fingerprint density at radius 3 is 2.73 bits per heavy atom. The summed E-state index contributed by atoms with van der Waals surface area (Å²) in [5.41, 5.74) is 2.66. The average molecular weight is 459 g/mol. The van der Waals surface area contributed by atoms with Crippen LogP contribution in [0.25, 0.3) is 0 Å². The molecule has 7 nitrogen and oxygen atoms in total. The molecule has 0 spiro atoms. The smallest absolute Gasteiger partial charge is 0.326 e. The number of carbonyl (C=O) groups is 2. The topological polar surface area (TPSA) is 99.4 Å². The SMILES string of the molecule is C[C@]12CC[C@@H]3[C@H](CCC4=CC(=NOCC(=O)N5CCC[C@@H]5C(=O)O)CC[C@@]43C)[C@H]1CC[C@H]2O. The van der Waals surface area contributed by atoms with Crippen molar-refractivity contribution >= 4 is 17.6 Å². The average Bonchev–Trinajstić information content (AvgIpc) is 3.39. The van der Waals surface area contributed by atoms with Crippen LogP contribution in [0.15, 0.2) is 16.8 Å². The molecule has 1 amide bonds. The van der Waals surface area contributed by atoms with Crippen LogP contribution < -0.4 is 0 Å². The molecule has 0 bridgehead atoms. The van der Waals surface area contributed by atoms with Crippen LogP contribution >= 0.6 is 0 Å². The number of carboxylic acid groups (broad SMARTS) is 1. The maximum Gasteiger partial charge on any atom is 0.326 e. The molecule has 5 aliphatic rings. The van der Waals surface area contributed by atoms with Crippen LogP contribution in [0.4, 0.5) is 0 Å². The summed E-state index contributed by atoms with van der Waals surface area (Å²) in [5.74, 6) is 0.775. The second-order valence-electron chi connectivity index (χ2n) is 11.6. The number of nitrogens with zero attached hydrogens (tertiary/aromatic N) is 2. The molecule has 182 valence electrons. The summed E-state index contributed by atoms with van der Waals surface area (Å²) in [6.07, 6.45) is 11.9. The fourth-order valence-electron chi connectivity index (χ4n) is 8.19. The summed E-state index contributed by atoms with van der Waals surface area (Å²) in [7, 11) is 0. The number of aliphatic hydroxyl groups is 1. The molecule has 1 aliphatic heterocycles. The lowest BCUT2D eigenvalue weighted by molar-refractivity contribution is -0.150. The normalized spacial score (nSPS) is 43.5. The molecule has 4 fully saturated rings. The molecule has 7 atom stereocenters. The number of amides is 1. The van der Waals surface area contributed by atoms with Gasteiger partial charge >= 0.3 is 5.97 Å². The molecule has 5 rings (SSSR count). The third kappa shape index (κ3) is 3.71. The first-order chi connectivity index (χ1) is 15.7. The number of likely N-dealkylation sites (tertiary alicyclic amines) is 1. The van der Waals surface area contributed by atoms with Gasteiger partial charge in [0.1, 0.15) is 6.04 Å². The highest BCUT2D eigenvalue weighted by atomic mass is 16.6. The summed E-state index contributed by atoms with van der Waals surface area (Å²) >= 11 is 0. The van der Waals surface area contributed by atoms with Crippen molar-refractivity contribution in [3.63, 3.8) is 0 Å². The second kappa shape index (κ2) is 8.40. The van der Waals surface area contributed by atoms with E-state index >= 15 is 0 Å². The molecule has 1 heterocycles. The molecular formula is C26H38N2O5. The largest absolute Gasteiger partial charge is 0.480 e. The summed E-state index contributed by atoms with van der Waals surface area (Å²) in [5, 5.41) is 24.2. The Morgan fingerprint density at radius 1 is 1.12 bits per heavy atom. The fourth-order valence-corrected chi connectivity index (χ4v) is 8.19. The van der Waals surface area contributed by atoms with Crippen molar-refractivity contribution in [1.82, 2.24) is 4.90 Å². The lowest BCUT2D eigenvalue weighted by atomic mass is 9.47. The van der Waals surface area contributed by atoms with Crippen molar-refractivity contribution in [2.24, 2.45) is 33.7 Å². The molecule has 0 aromatic carbocycles. The molecular weight excluding hydrogens is 420 g/mol. The van der Waals surface area contributed by atoms with E-state index in [9.17, 15) is 19.8 Å². The monoisotopic (exact) mass is 458 g/mol. The van der Waals surface area contributed by atoms with Gasteiger partial charge in [-0.25, -0.2) is 4.79 Å². The standard InChI is InChI=1S/C26H38N2O5/c1-25-11-9-17(27-33-15-23(30)28-13-3-4-21(28)24(31)32)14-16(25)5-6-18-19-7-8-22(29)26(19,2)12-10-20(18)25/h14,18-22,29H,3-13,15H2,1-2H3,(H,31,32)/t18-,19-,20-,21-,22-,25+,26+/m1/s1. The Bertz CT molecular complexity index is 884. The Hall–Kier alpha value is -1.89. The summed E-state index contributed by atoms with van der Waals surface area (Å²) in [6, 6.07) is -0.736. The first-order valence-corrected chi connectivity index (χ1v) is 12.8. The van der Waals surface area contributed by atoms with E-state index in [1.165, 1.54) is 29.7 Å². The second-order valence-corrected chi connectivity index (χ2v) is 11.6. The molecule has 1 saturated heterocycles. The van der Waals surface area contributed by atoms with Crippen LogP contribution in [0.5, 0.6) is 0 Å². The van der Waals surface area contributed by atoms with Crippen LogP contribution in [-0.4, -0.2) is 58.0 Å². The number of rotatable bonds is 4. The van der Waals surface area contributed by atoms with Gasteiger partial charge in [-0.1, -0.05) is 24.6 Å². The quantitative estimate of drug-likeness (QED) is 0.625. The molecule has 0 aromatic heterocycles. The number of hydrogen-bond donors (Lipinski definition) is 2. The van der Waals surface area contributed by atoms with Gasteiger partial charge in [0.2, 0.25) is 0 Å². The lowest BCUT2D eigenvalue weighted by Crippen LogP contribution is -2.51. The number of carbonyl (C=O) groups excluding carboxylic acids is 1. The van der Waals surface area contributed by atoms with Gasteiger partial charge in [0, 0.05) is 6.54 Å². The maximum absolute atomic E-state index is 12.4. The molecule has 0 unspecified atom stereocenters. The third-order valence-electron chi connectivity index (χ3n) is 10.2. The van der Waals surface area contributed by atoms with Crippen molar-refractivity contribution in [2.45, 2.75) is 90.2 Å². The van der Waals surface area contributed by atoms with Gasteiger partial charge < -0.3 is 20.0 Å². The number of hydrogen-bond acceptors (Lipinski definition) is 5. The zero-order valence-corrected chi connectivity index (χ0v) is 20.0. The fraction of sp³-hybridized carbons (Fsp3) is 0.808. The molecule has 0 radical (unpaired) electrons. The lowest BCUT2D eigenvalue weighted by Gasteiger charge is -2.57. The van der Waals surface area contributed by atoms with Gasteiger partial charge in [-0.2, -0.15) is 0 Å². The van der Waals surface area contributed by atoms with Gasteiger partial charge in [0.25, 0.3) is 5.91 Å². The Morgan fingerprint density at radius 2 is 1.94 bits per heavy atom. The highest BCUT2D eigenvalue weighted by Gasteiger charge is 2.58. The maximum atomic E-state index is 12.4. The van der Waals surface area contributed by atoms with E-state index in [1.54, 1.807) is 0 Å². The summed E-state index contributed by atoms with van der Waals surface area (Å²) in [6.45, 7) is 5.02. The Kier molecular flexibility index (Phi) is 5.82. The van der Waals surface area contributed by atoms with Crippen LogP contribution in [0.3, 0.4) is 0 Å². The van der Waals surface area contributed by atoms with Crippen LogP contribution in [0.1, 0.15) is 78.1 Å². The molecule has 7 heteroatoms. The first-order valence-electron chi connectivity index (χ1n) is 12.8. The van der Waals surface area contributed by atoms with Crippen molar-refractivity contribution < 1.29 is 24.6 Å². The van der Waals surface area contributed by atoms with Gasteiger partial charge in [0.05, 0.1) is 11.8 Å². The first kappa shape index (κ1) is 22.9. The highest BCUT2D eigenvalue weighted by molar-refractivity contribution is 5.96. The third-order valence-corrected chi connectivity index (χ3v) is 10.2.